The number of hydrogen-bond acceptors (Lipinski definition) is 4. The van der Waals surface area contributed by atoms with Gasteiger partial charge in [0.25, 0.3) is 0 Å². The van der Waals surface area contributed by atoms with Crippen molar-refractivity contribution in [2.75, 3.05) is 7.11 Å². The molecule has 2 rings (SSSR count). The summed E-state index contributed by atoms with van der Waals surface area (Å²) < 4.78 is 9.96. The molecule has 0 N–H and O–H groups in total. The normalized spacial score (nSPS) is 23.8. The first kappa shape index (κ1) is 14.3. The van der Waals surface area contributed by atoms with Crippen LogP contribution in [0.25, 0.3) is 6.08 Å². The van der Waals surface area contributed by atoms with Gasteiger partial charge in [0.05, 0.1) is 7.11 Å². The number of ether oxygens (including phenoxy) is 2. The van der Waals surface area contributed by atoms with Crippen molar-refractivity contribution in [1.29, 1.82) is 0 Å². The van der Waals surface area contributed by atoms with Gasteiger partial charge in [0, 0.05) is 0 Å². The van der Waals surface area contributed by atoms with E-state index in [1.54, 1.807) is 6.08 Å². The van der Waals surface area contributed by atoms with Crippen LogP contribution in [0.4, 0.5) is 0 Å². The van der Waals surface area contributed by atoms with Crippen LogP contribution < -0.4 is 0 Å². The molecule has 4 heteroatoms. The summed E-state index contributed by atoms with van der Waals surface area (Å²) in [7, 11) is 1.29. The van der Waals surface area contributed by atoms with Gasteiger partial charge in [-0.15, -0.1) is 0 Å². The SMILES string of the molecule is C=Cc1ccc(COC(=O)C2(C(=O)OC)CC2C)cc1. The van der Waals surface area contributed by atoms with Crippen LogP contribution in [-0.2, 0) is 25.7 Å². The van der Waals surface area contributed by atoms with Gasteiger partial charge in [0.2, 0.25) is 0 Å². The van der Waals surface area contributed by atoms with E-state index in [4.69, 9.17) is 9.47 Å². The Balaban J connectivity index is 1.98. The molecule has 4 nitrogen and oxygen atoms in total. The molecule has 0 spiro atoms. The van der Waals surface area contributed by atoms with Crippen molar-refractivity contribution in [2.45, 2.75) is 20.0 Å². The molecule has 1 aliphatic carbocycles. The molecule has 0 amide bonds. The first-order chi connectivity index (χ1) is 9.54. The summed E-state index contributed by atoms with van der Waals surface area (Å²) in [5.41, 5.74) is 0.787. The van der Waals surface area contributed by atoms with Gasteiger partial charge >= 0.3 is 11.9 Å². The predicted octanol–water partition coefficient (Wildman–Crippen LogP) is 2.57. The third-order valence-corrected chi connectivity index (χ3v) is 3.81. The Kier molecular flexibility index (Phi) is 3.93. The summed E-state index contributed by atoms with van der Waals surface area (Å²) in [5, 5.41) is 0. The van der Waals surface area contributed by atoms with Crippen molar-refractivity contribution in [3.63, 3.8) is 0 Å². The van der Waals surface area contributed by atoms with E-state index >= 15 is 0 Å². The second-order valence-electron chi connectivity index (χ2n) is 5.09. The summed E-state index contributed by atoms with van der Waals surface area (Å²) in [4.78, 5) is 23.8. The van der Waals surface area contributed by atoms with Gasteiger partial charge in [0.1, 0.15) is 6.61 Å². The van der Waals surface area contributed by atoms with Crippen molar-refractivity contribution in [3.8, 4) is 0 Å². The van der Waals surface area contributed by atoms with Gasteiger partial charge < -0.3 is 9.47 Å². The lowest BCUT2D eigenvalue weighted by atomic mass is 10.1. The summed E-state index contributed by atoms with van der Waals surface area (Å²) in [5.74, 6) is -1.02. The molecule has 2 unspecified atom stereocenters. The van der Waals surface area contributed by atoms with Gasteiger partial charge in [-0.2, -0.15) is 0 Å². The van der Waals surface area contributed by atoms with Gasteiger partial charge in [0.15, 0.2) is 5.41 Å². The van der Waals surface area contributed by atoms with E-state index < -0.39 is 17.4 Å². The predicted molar refractivity (Wildman–Crippen MR) is 74.6 cm³/mol. The number of benzene rings is 1. The third kappa shape index (κ3) is 2.46. The molecule has 1 fully saturated rings. The van der Waals surface area contributed by atoms with Crippen molar-refractivity contribution >= 4 is 18.0 Å². The fourth-order valence-electron chi connectivity index (χ4n) is 2.29. The number of carbonyl (C=O) groups is 2. The molecule has 2 atom stereocenters. The van der Waals surface area contributed by atoms with Gasteiger partial charge in [-0.05, 0) is 23.5 Å². The Bertz CT molecular complexity index is 532. The zero-order valence-electron chi connectivity index (χ0n) is 11.7. The highest BCUT2D eigenvalue weighted by atomic mass is 16.6. The van der Waals surface area contributed by atoms with E-state index in [1.165, 1.54) is 7.11 Å². The summed E-state index contributed by atoms with van der Waals surface area (Å²) >= 11 is 0. The third-order valence-electron chi connectivity index (χ3n) is 3.81. The highest BCUT2D eigenvalue weighted by Crippen LogP contribution is 2.54. The lowest BCUT2D eigenvalue weighted by Crippen LogP contribution is -2.30. The highest BCUT2D eigenvalue weighted by molar-refractivity contribution is 6.03. The zero-order valence-corrected chi connectivity index (χ0v) is 11.7. The first-order valence-corrected chi connectivity index (χ1v) is 6.51. The summed E-state index contributed by atoms with van der Waals surface area (Å²) in [6.45, 7) is 5.67. The van der Waals surface area contributed by atoms with E-state index in [0.29, 0.717) is 6.42 Å². The number of carbonyl (C=O) groups excluding carboxylic acids is 2. The Hall–Kier alpha value is -2.10. The van der Waals surface area contributed by atoms with Crippen LogP contribution in [0.5, 0.6) is 0 Å². The standard InChI is InChI=1S/C16H18O4/c1-4-12-5-7-13(8-6-12)10-20-15(18)16(9-11(16)2)14(17)19-3/h4-8,11H,1,9-10H2,2-3H3. The quantitative estimate of drug-likeness (QED) is 0.611. The van der Waals surface area contributed by atoms with Crippen molar-refractivity contribution in [2.24, 2.45) is 11.3 Å². The minimum absolute atomic E-state index is 0.0226. The molecule has 1 saturated carbocycles. The molecular formula is C16H18O4. The van der Waals surface area contributed by atoms with Crippen molar-refractivity contribution in [1.82, 2.24) is 0 Å². The average Bonchev–Trinajstić information content (AvgIpc) is 3.17. The smallest absolute Gasteiger partial charge is 0.324 e. The fourth-order valence-corrected chi connectivity index (χ4v) is 2.29. The molecule has 20 heavy (non-hydrogen) atoms. The van der Waals surface area contributed by atoms with Crippen molar-refractivity contribution < 1.29 is 19.1 Å². The van der Waals surface area contributed by atoms with Crippen molar-refractivity contribution in [3.05, 3.63) is 42.0 Å². The van der Waals surface area contributed by atoms with Crippen LogP contribution in [0.3, 0.4) is 0 Å². The van der Waals surface area contributed by atoms with E-state index in [2.05, 4.69) is 6.58 Å². The molecule has 0 radical (unpaired) electrons. The van der Waals surface area contributed by atoms with Crippen LogP contribution in [0, 0.1) is 11.3 Å². The Morgan fingerprint density at radius 2 is 1.95 bits per heavy atom. The zero-order chi connectivity index (χ0) is 14.8. The number of methoxy groups -OCH3 is 1. The van der Waals surface area contributed by atoms with E-state index in [1.807, 2.05) is 31.2 Å². The van der Waals surface area contributed by atoms with Crippen LogP contribution in [0.2, 0.25) is 0 Å². The molecule has 1 aliphatic rings. The monoisotopic (exact) mass is 274 g/mol. The van der Waals surface area contributed by atoms with Crippen LogP contribution in [0.15, 0.2) is 30.8 Å². The second kappa shape index (κ2) is 5.49. The van der Waals surface area contributed by atoms with E-state index in [-0.39, 0.29) is 12.5 Å². The Labute approximate surface area is 118 Å². The maximum Gasteiger partial charge on any atom is 0.324 e. The minimum Gasteiger partial charge on any atom is -0.468 e. The Morgan fingerprint density at radius 3 is 2.40 bits per heavy atom. The second-order valence-corrected chi connectivity index (χ2v) is 5.09. The fraction of sp³-hybridized carbons (Fsp3) is 0.375. The molecule has 0 saturated heterocycles. The van der Waals surface area contributed by atoms with Gasteiger partial charge in [-0.1, -0.05) is 43.8 Å². The molecule has 0 heterocycles. The molecule has 0 aliphatic heterocycles. The molecule has 1 aromatic rings. The minimum atomic E-state index is -1.09. The molecular weight excluding hydrogens is 256 g/mol. The largest absolute Gasteiger partial charge is 0.468 e. The van der Waals surface area contributed by atoms with Crippen LogP contribution in [-0.4, -0.2) is 19.0 Å². The number of hydrogen-bond donors (Lipinski definition) is 0. The van der Waals surface area contributed by atoms with Crippen LogP contribution in [0.1, 0.15) is 24.5 Å². The van der Waals surface area contributed by atoms with E-state index in [0.717, 1.165) is 11.1 Å². The Morgan fingerprint density at radius 1 is 1.35 bits per heavy atom. The maximum absolute atomic E-state index is 12.1. The highest BCUT2D eigenvalue weighted by Gasteiger charge is 2.65. The number of rotatable bonds is 5. The molecule has 1 aromatic carbocycles. The number of esters is 2. The molecule has 0 aromatic heterocycles. The average molecular weight is 274 g/mol. The molecule has 106 valence electrons. The van der Waals surface area contributed by atoms with E-state index in [9.17, 15) is 9.59 Å². The first-order valence-electron chi connectivity index (χ1n) is 6.51. The lowest BCUT2D eigenvalue weighted by molar-refractivity contribution is -0.164. The van der Waals surface area contributed by atoms with Gasteiger partial charge in [-0.3, -0.25) is 9.59 Å². The lowest BCUT2D eigenvalue weighted by Gasteiger charge is -2.13. The molecule has 0 bridgehead atoms. The maximum atomic E-state index is 12.1. The summed E-state index contributed by atoms with van der Waals surface area (Å²) in [6.07, 6.45) is 2.24. The topological polar surface area (TPSA) is 52.6 Å². The summed E-state index contributed by atoms with van der Waals surface area (Å²) in [6, 6.07) is 7.52. The van der Waals surface area contributed by atoms with Gasteiger partial charge in [-0.25, -0.2) is 0 Å². The van der Waals surface area contributed by atoms with Crippen LogP contribution >= 0.6 is 0 Å².